The van der Waals surface area contributed by atoms with E-state index in [1.807, 2.05) is 4.90 Å². The number of nitrogens with zero attached hydrogens (tertiary/aromatic N) is 2. The number of hydrogen-bond donors (Lipinski definition) is 1. The van der Waals surface area contributed by atoms with Crippen LogP contribution >= 0.6 is 12.2 Å². The lowest BCUT2D eigenvalue weighted by atomic mass is 10.3. The average Bonchev–Trinajstić information content (AvgIpc) is 2.93. The molecule has 0 aromatic heterocycles. The highest BCUT2D eigenvalue weighted by atomic mass is 32.2. The first-order valence-corrected chi connectivity index (χ1v) is 11.3. The molecule has 0 atom stereocenters. The lowest BCUT2D eigenvalue weighted by Gasteiger charge is -2.35. The van der Waals surface area contributed by atoms with Gasteiger partial charge < -0.3 is 19.7 Å². The van der Waals surface area contributed by atoms with Crippen LogP contribution in [-0.2, 0) is 10.0 Å². The molecule has 150 valence electrons. The molecule has 2 aliphatic heterocycles. The van der Waals surface area contributed by atoms with Crippen molar-refractivity contribution in [1.82, 2.24) is 14.5 Å². The number of sulfonamides is 1. The molecule has 7 nitrogen and oxygen atoms in total. The minimum absolute atomic E-state index is 0.240. The Morgan fingerprint density at radius 3 is 2.56 bits per heavy atom. The molecule has 27 heavy (non-hydrogen) atoms. The summed E-state index contributed by atoms with van der Waals surface area (Å²) in [5, 5.41) is 3.94. The van der Waals surface area contributed by atoms with Crippen LogP contribution in [0.3, 0.4) is 0 Å². The highest BCUT2D eigenvalue weighted by Crippen LogP contribution is 2.33. The van der Waals surface area contributed by atoms with Gasteiger partial charge in [0.25, 0.3) is 0 Å². The first kappa shape index (κ1) is 20.2. The Bertz CT molecular complexity index is 762. The van der Waals surface area contributed by atoms with Crippen molar-refractivity contribution in [2.45, 2.75) is 31.1 Å². The molecule has 0 saturated carbocycles. The van der Waals surface area contributed by atoms with Crippen molar-refractivity contribution in [3.05, 3.63) is 18.2 Å². The number of unbranched alkanes of at least 4 members (excludes halogenated alkanes) is 1. The second-order valence-corrected chi connectivity index (χ2v) is 8.96. The summed E-state index contributed by atoms with van der Waals surface area (Å²) in [6, 6.07) is 4.84. The topological polar surface area (TPSA) is 71.1 Å². The molecule has 1 N–H and O–H groups in total. The standard InChI is InChI=1S/C18H27N3O4S2/c1-2-3-7-19-18(26)20-8-10-21(11-9-20)27(22,23)15-5-6-16-17(14-15)25-13-4-12-24-16/h5-6,14H,2-4,7-13H2,1H3,(H,19,26). The minimum atomic E-state index is -3.57. The molecular weight excluding hydrogens is 386 g/mol. The average molecular weight is 414 g/mol. The van der Waals surface area contributed by atoms with Crippen molar-refractivity contribution >= 4 is 27.4 Å². The van der Waals surface area contributed by atoms with E-state index < -0.39 is 10.0 Å². The van der Waals surface area contributed by atoms with E-state index in [1.54, 1.807) is 18.2 Å². The summed E-state index contributed by atoms with van der Waals surface area (Å²) in [5.41, 5.74) is 0. The molecule has 0 radical (unpaired) electrons. The molecule has 0 aliphatic carbocycles. The van der Waals surface area contributed by atoms with Crippen molar-refractivity contribution in [1.29, 1.82) is 0 Å². The second kappa shape index (κ2) is 9.07. The maximum Gasteiger partial charge on any atom is 0.243 e. The molecule has 2 heterocycles. The molecule has 1 aromatic rings. The van der Waals surface area contributed by atoms with Gasteiger partial charge in [-0.3, -0.25) is 0 Å². The van der Waals surface area contributed by atoms with Gasteiger partial charge in [-0.05, 0) is 30.8 Å². The molecule has 0 amide bonds. The number of fused-ring (bicyclic) bond motifs is 1. The maximum atomic E-state index is 13.0. The van der Waals surface area contributed by atoms with Crippen molar-refractivity contribution < 1.29 is 17.9 Å². The molecule has 1 fully saturated rings. The summed E-state index contributed by atoms with van der Waals surface area (Å²) in [4.78, 5) is 2.27. The third-order valence-corrected chi connectivity index (χ3v) is 6.99. The molecule has 1 saturated heterocycles. The lowest BCUT2D eigenvalue weighted by Crippen LogP contribution is -2.53. The van der Waals surface area contributed by atoms with Crippen LogP contribution < -0.4 is 14.8 Å². The van der Waals surface area contributed by atoms with Crippen molar-refractivity contribution in [3.63, 3.8) is 0 Å². The van der Waals surface area contributed by atoms with Crippen LogP contribution in [0.2, 0.25) is 0 Å². The van der Waals surface area contributed by atoms with Crippen LogP contribution in [0.25, 0.3) is 0 Å². The fourth-order valence-electron chi connectivity index (χ4n) is 3.07. The predicted molar refractivity (Wildman–Crippen MR) is 108 cm³/mol. The van der Waals surface area contributed by atoms with Gasteiger partial charge in [-0.25, -0.2) is 8.42 Å². The van der Waals surface area contributed by atoms with E-state index in [-0.39, 0.29) is 4.90 Å². The number of nitrogens with one attached hydrogen (secondary N) is 1. The zero-order valence-corrected chi connectivity index (χ0v) is 17.3. The highest BCUT2D eigenvalue weighted by molar-refractivity contribution is 7.89. The summed E-state index contributed by atoms with van der Waals surface area (Å²) in [6.07, 6.45) is 2.96. The van der Waals surface area contributed by atoms with Gasteiger partial charge in [-0.2, -0.15) is 4.31 Å². The van der Waals surface area contributed by atoms with E-state index in [2.05, 4.69) is 12.2 Å². The zero-order chi connectivity index (χ0) is 19.3. The Labute approximate surface area is 166 Å². The van der Waals surface area contributed by atoms with Crippen LogP contribution in [0, 0.1) is 0 Å². The maximum absolute atomic E-state index is 13.0. The molecule has 2 aliphatic rings. The first-order chi connectivity index (χ1) is 13.0. The summed E-state index contributed by atoms with van der Waals surface area (Å²) >= 11 is 5.41. The van der Waals surface area contributed by atoms with Crippen LogP contribution in [0.1, 0.15) is 26.2 Å². The van der Waals surface area contributed by atoms with Gasteiger partial charge in [0.15, 0.2) is 16.6 Å². The van der Waals surface area contributed by atoms with E-state index in [4.69, 9.17) is 21.7 Å². The van der Waals surface area contributed by atoms with E-state index in [1.165, 1.54) is 4.31 Å². The van der Waals surface area contributed by atoms with Gasteiger partial charge in [0.1, 0.15) is 0 Å². The van der Waals surface area contributed by atoms with E-state index in [0.29, 0.717) is 56.0 Å². The number of rotatable bonds is 5. The monoisotopic (exact) mass is 413 g/mol. The lowest BCUT2D eigenvalue weighted by molar-refractivity contribution is 0.264. The number of hydrogen-bond acceptors (Lipinski definition) is 5. The number of benzene rings is 1. The highest BCUT2D eigenvalue weighted by Gasteiger charge is 2.30. The van der Waals surface area contributed by atoms with Gasteiger partial charge in [0.05, 0.1) is 18.1 Å². The molecule has 0 bridgehead atoms. The van der Waals surface area contributed by atoms with E-state index in [9.17, 15) is 8.42 Å². The Morgan fingerprint density at radius 2 is 1.85 bits per heavy atom. The molecule has 0 spiro atoms. The third kappa shape index (κ3) is 4.83. The first-order valence-electron chi connectivity index (χ1n) is 9.45. The summed E-state index contributed by atoms with van der Waals surface area (Å²) in [5.74, 6) is 1.09. The van der Waals surface area contributed by atoms with Crippen molar-refractivity contribution in [3.8, 4) is 11.5 Å². The summed E-state index contributed by atoms with van der Waals surface area (Å²) < 4.78 is 38.7. The number of piperazine rings is 1. The fourth-order valence-corrected chi connectivity index (χ4v) is 4.79. The SMILES string of the molecule is CCCCNC(=S)N1CCN(S(=O)(=O)c2ccc3c(c2)OCCCO3)CC1. The van der Waals surface area contributed by atoms with Gasteiger partial charge >= 0.3 is 0 Å². The van der Waals surface area contributed by atoms with Gasteiger partial charge in [-0.15, -0.1) is 0 Å². The van der Waals surface area contributed by atoms with E-state index >= 15 is 0 Å². The Hall–Kier alpha value is -1.58. The van der Waals surface area contributed by atoms with Crippen molar-refractivity contribution in [2.24, 2.45) is 0 Å². The minimum Gasteiger partial charge on any atom is -0.490 e. The normalized spacial score (nSPS) is 18.0. The largest absolute Gasteiger partial charge is 0.490 e. The van der Waals surface area contributed by atoms with Crippen LogP contribution in [0.15, 0.2) is 23.1 Å². The Morgan fingerprint density at radius 1 is 1.15 bits per heavy atom. The van der Waals surface area contributed by atoms with E-state index in [0.717, 1.165) is 25.8 Å². The second-order valence-electron chi connectivity index (χ2n) is 6.64. The fraction of sp³-hybridized carbons (Fsp3) is 0.611. The summed E-state index contributed by atoms with van der Waals surface area (Å²) in [7, 11) is -3.57. The quantitative estimate of drug-likeness (QED) is 0.583. The van der Waals surface area contributed by atoms with Crippen LogP contribution in [0.4, 0.5) is 0 Å². The predicted octanol–water partition coefficient (Wildman–Crippen LogP) is 1.83. The van der Waals surface area contributed by atoms with Crippen molar-refractivity contribution in [2.75, 3.05) is 45.9 Å². The smallest absolute Gasteiger partial charge is 0.243 e. The van der Waals surface area contributed by atoms with Crippen LogP contribution in [0.5, 0.6) is 11.5 Å². The Kier molecular flexibility index (Phi) is 6.78. The zero-order valence-electron chi connectivity index (χ0n) is 15.6. The molecular formula is C18H27N3O4S2. The Balaban J connectivity index is 1.63. The van der Waals surface area contributed by atoms with Gasteiger partial charge in [0.2, 0.25) is 10.0 Å². The molecule has 0 unspecified atom stereocenters. The molecule has 1 aromatic carbocycles. The number of thiocarbonyl (C=S) groups is 1. The molecule has 3 rings (SSSR count). The molecule has 9 heteroatoms. The van der Waals surface area contributed by atoms with Gasteiger partial charge in [-0.1, -0.05) is 13.3 Å². The third-order valence-electron chi connectivity index (χ3n) is 4.69. The number of ether oxygens (including phenoxy) is 2. The van der Waals surface area contributed by atoms with Gasteiger partial charge in [0, 0.05) is 45.2 Å². The summed E-state index contributed by atoms with van der Waals surface area (Å²) in [6.45, 7) is 6.08. The van der Waals surface area contributed by atoms with Crippen LogP contribution in [-0.4, -0.2) is 68.7 Å².